The average Bonchev–Trinajstić information content (AvgIpc) is 2.42. The van der Waals surface area contributed by atoms with E-state index in [-0.39, 0.29) is 6.04 Å². The first kappa shape index (κ1) is 13.8. The largest absolute Gasteiger partial charge is 0.444 e. The monoisotopic (exact) mass is 244 g/mol. The molecule has 0 saturated carbocycles. The summed E-state index contributed by atoms with van der Waals surface area (Å²) in [6.45, 7) is 6.98. The normalized spacial score (nSPS) is 24.6. The Morgan fingerprint density at radius 3 is 2.41 bits per heavy atom. The maximum absolute atomic E-state index is 11.9. The minimum absolute atomic E-state index is 0.188. The zero-order chi connectivity index (χ0) is 13.2. The smallest absolute Gasteiger partial charge is 0.413 e. The van der Waals surface area contributed by atoms with Crippen molar-refractivity contribution in [1.82, 2.24) is 4.90 Å². The van der Waals surface area contributed by atoms with Gasteiger partial charge in [-0.1, -0.05) is 0 Å². The summed E-state index contributed by atoms with van der Waals surface area (Å²) in [5, 5.41) is 0. The molecular formula is C11H20N2O4. The van der Waals surface area contributed by atoms with E-state index >= 15 is 0 Å². The second-order valence-corrected chi connectivity index (χ2v) is 5.19. The van der Waals surface area contributed by atoms with Gasteiger partial charge in [-0.15, -0.1) is 0 Å². The number of ether oxygens (including phenoxy) is 2. The first-order chi connectivity index (χ1) is 7.69. The van der Waals surface area contributed by atoms with Crippen LogP contribution in [0.15, 0.2) is 0 Å². The molecule has 0 aromatic rings. The molecule has 0 radical (unpaired) electrons. The number of hydrogen-bond donors (Lipinski definition) is 1. The Kier molecular flexibility index (Phi) is 3.98. The standard InChI is InChI=1S/C11H20N2O4/c1-7(14)16-9-5-8(12)6-13(9)10(15)17-11(2,3)4/h8-9H,5-6,12H2,1-4H3. The lowest BCUT2D eigenvalue weighted by molar-refractivity contribution is -0.152. The van der Waals surface area contributed by atoms with Crippen LogP contribution in [0.5, 0.6) is 0 Å². The van der Waals surface area contributed by atoms with Gasteiger partial charge in [0.2, 0.25) is 0 Å². The SMILES string of the molecule is CC(=O)OC1CC(N)CN1C(=O)OC(C)(C)C. The van der Waals surface area contributed by atoms with Crippen molar-refractivity contribution in [1.29, 1.82) is 0 Å². The lowest BCUT2D eigenvalue weighted by Crippen LogP contribution is -2.42. The van der Waals surface area contributed by atoms with E-state index in [1.807, 2.05) is 0 Å². The van der Waals surface area contributed by atoms with Gasteiger partial charge in [0.05, 0.1) is 0 Å². The van der Waals surface area contributed by atoms with Crippen molar-refractivity contribution in [3.63, 3.8) is 0 Å². The van der Waals surface area contributed by atoms with Crippen molar-refractivity contribution in [2.75, 3.05) is 6.54 Å². The maximum atomic E-state index is 11.9. The summed E-state index contributed by atoms with van der Waals surface area (Å²) in [5.74, 6) is -0.433. The Hall–Kier alpha value is -1.30. The van der Waals surface area contributed by atoms with E-state index in [2.05, 4.69) is 0 Å². The van der Waals surface area contributed by atoms with Gasteiger partial charge in [-0.25, -0.2) is 4.79 Å². The third-order valence-corrected chi connectivity index (χ3v) is 2.21. The summed E-state index contributed by atoms with van der Waals surface area (Å²) in [7, 11) is 0. The quantitative estimate of drug-likeness (QED) is 0.691. The number of rotatable bonds is 1. The number of amides is 1. The van der Waals surface area contributed by atoms with Crippen LogP contribution in [0.4, 0.5) is 4.79 Å². The zero-order valence-corrected chi connectivity index (χ0v) is 10.7. The molecule has 2 atom stereocenters. The van der Waals surface area contributed by atoms with Crippen molar-refractivity contribution in [3.8, 4) is 0 Å². The van der Waals surface area contributed by atoms with Gasteiger partial charge < -0.3 is 15.2 Å². The number of carbonyl (C=O) groups excluding carboxylic acids is 2. The number of esters is 1. The molecule has 0 aromatic carbocycles. The van der Waals surface area contributed by atoms with Gasteiger partial charge >= 0.3 is 12.1 Å². The number of carbonyl (C=O) groups is 2. The fourth-order valence-electron chi connectivity index (χ4n) is 1.65. The third kappa shape index (κ3) is 4.22. The number of likely N-dealkylation sites (tertiary alicyclic amines) is 1. The molecular weight excluding hydrogens is 224 g/mol. The minimum atomic E-state index is -0.614. The molecule has 2 N–H and O–H groups in total. The highest BCUT2D eigenvalue weighted by atomic mass is 16.6. The second kappa shape index (κ2) is 4.91. The van der Waals surface area contributed by atoms with E-state index in [0.29, 0.717) is 13.0 Å². The lowest BCUT2D eigenvalue weighted by Gasteiger charge is -2.27. The molecule has 0 aliphatic carbocycles. The Morgan fingerprint density at radius 1 is 1.35 bits per heavy atom. The van der Waals surface area contributed by atoms with Gasteiger partial charge in [-0.3, -0.25) is 9.69 Å². The molecule has 1 fully saturated rings. The Morgan fingerprint density at radius 2 is 1.94 bits per heavy atom. The summed E-state index contributed by atoms with van der Waals surface area (Å²) in [4.78, 5) is 24.1. The molecule has 2 unspecified atom stereocenters. The van der Waals surface area contributed by atoms with Gasteiger partial charge in [-0.05, 0) is 20.8 Å². The molecule has 1 saturated heterocycles. The van der Waals surface area contributed by atoms with Crippen LogP contribution in [0.1, 0.15) is 34.1 Å². The Labute approximate surface area is 101 Å². The molecule has 1 aliphatic heterocycles. The molecule has 0 aromatic heterocycles. The molecule has 1 aliphatic rings. The summed E-state index contributed by atoms with van der Waals surface area (Å²) >= 11 is 0. The highest BCUT2D eigenvalue weighted by Gasteiger charge is 2.37. The molecule has 1 amide bonds. The summed E-state index contributed by atoms with van der Waals surface area (Å²) in [5.41, 5.74) is 5.17. The van der Waals surface area contributed by atoms with Gasteiger partial charge in [0.15, 0.2) is 6.23 Å². The summed E-state index contributed by atoms with van der Waals surface area (Å²) < 4.78 is 10.3. The average molecular weight is 244 g/mol. The first-order valence-electron chi connectivity index (χ1n) is 5.61. The van der Waals surface area contributed by atoms with Crippen LogP contribution in [-0.4, -0.2) is 41.4 Å². The zero-order valence-electron chi connectivity index (χ0n) is 10.7. The fraction of sp³-hybridized carbons (Fsp3) is 0.818. The van der Waals surface area contributed by atoms with E-state index in [9.17, 15) is 9.59 Å². The lowest BCUT2D eigenvalue weighted by atomic mass is 10.2. The van der Waals surface area contributed by atoms with E-state index in [1.165, 1.54) is 11.8 Å². The van der Waals surface area contributed by atoms with Crippen molar-refractivity contribution >= 4 is 12.1 Å². The summed E-state index contributed by atoms with van der Waals surface area (Å²) in [6.07, 6.45) is -0.673. The van der Waals surface area contributed by atoms with Crippen LogP contribution in [-0.2, 0) is 14.3 Å². The molecule has 98 valence electrons. The van der Waals surface area contributed by atoms with E-state index < -0.39 is 23.9 Å². The number of nitrogens with zero attached hydrogens (tertiary/aromatic N) is 1. The van der Waals surface area contributed by atoms with Gasteiger partial charge in [0, 0.05) is 25.9 Å². The second-order valence-electron chi connectivity index (χ2n) is 5.19. The topological polar surface area (TPSA) is 81.9 Å². The maximum Gasteiger partial charge on any atom is 0.413 e. The van der Waals surface area contributed by atoms with Crippen LogP contribution in [0.25, 0.3) is 0 Å². The van der Waals surface area contributed by atoms with Gasteiger partial charge in [0.1, 0.15) is 5.60 Å². The van der Waals surface area contributed by atoms with E-state index in [4.69, 9.17) is 15.2 Å². The third-order valence-electron chi connectivity index (χ3n) is 2.21. The van der Waals surface area contributed by atoms with Crippen LogP contribution in [0.2, 0.25) is 0 Å². The highest BCUT2D eigenvalue weighted by Crippen LogP contribution is 2.21. The van der Waals surface area contributed by atoms with Crippen LogP contribution in [0, 0.1) is 0 Å². The van der Waals surface area contributed by atoms with Crippen LogP contribution >= 0.6 is 0 Å². The van der Waals surface area contributed by atoms with E-state index in [1.54, 1.807) is 20.8 Å². The van der Waals surface area contributed by atoms with Crippen LogP contribution in [0.3, 0.4) is 0 Å². The molecule has 0 spiro atoms. The van der Waals surface area contributed by atoms with Crippen molar-refractivity contribution < 1.29 is 19.1 Å². The predicted molar refractivity (Wildman–Crippen MR) is 61.1 cm³/mol. The van der Waals surface area contributed by atoms with Crippen molar-refractivity contribution in [2.24, 2.45) is 5.73 Å². The first-order valence-corrected chi connectivity index (χ1v) is 5.61. The molecule has 0 bridgehead atoms. The van der Waals surface area contributed by atoms with Crippen molar-refractivity contribution in [2.45, 2.75) is 52.0 Å². The molecule has 6 nitrogen and oxygen atoms in total. The Balaban J connectivity index is 2.66. The summed E-state index contributed by atoms with van der Waals surface area (Å²) in [6, 6.07) is -0.188. The molecule has 17 heavy (non-hydrogen) atoms. The molecule has 1 rings (SSSR count). The fourth-order valence-corrected chi connectivity index (χ4v) is 1.65. The van der Waals surface area contributed by atoms with Crippen molar-refractivity contribution in [3.05, 3.63) is 0 Å². The van der Waals surface area contributed by atoms with Gasteiger partial charge in [0.25, 0.3) is 0 Å². The van der Waals surface area contributed by atoms with E-state index in [0.717, 1.165) is 0 Å². The number of hydrogen-bond acceptors (Lipinski definition) is 5. The minimum Gasteiger partial charge on any atom is -0.444 e. The highest BCUT2D eigenvalue weighted by molar-refractivity contribution is 5.70. The van der Waals surface area contributed by atoms with Gasteiger partial charge in [-0.2, -0.15) is 0 Å². The molecule has 1 heterocycles. The molecule has 6 heteroatoms. The number of nitrogens with two attached hydrogens (primary N) is 1. The Bertz CT molecular complexity index is 311. The predicted octanol–water partition coefficient (Wildman–Crippen LogP) is 0.844. The van der Waals surface area contributed by atoms with Crippen LogP contribution < -0.4 is 5.73 Å².